The molecule has 0 atom stereocenters. The molecular formula is C9H8N4O2. The van der Waals surface area contributed by atoms with Gasteiger partial charge in [0.25, 0.3) is 0 Å². The minimum atomic E-state index is -0.628. The van der Waals surface area contributed by atoms with Crippen molar-refractivity contribution in [3.05, 3.63) is 40.6 Å². The monoisotopic (exact) mass is 204 g/mol. The van der Waals surface area contributed by atoms with Crippen molar-refractivity contribution in [1.29, 1.82) is 5.26 Å². The Bertz CT molecular complexity index is 436. The third kappa shape index (κ3) is 2.28. The molecule has 1 rings (SSSR count). The molecule has 1 N–H and O–H groups in total. The summed E-state index contributed by atoms with van der Waals surface area (Å²) in [6, 6.07) is 3.05. The van der Waals surface area contributed by atoms with Gasteiger partial charge in [-0.05, 0) is 6.07 Å². The minimum Gasteiger partial charge on any atom is -0.361 e. The van der Waals surface area contributed by atoms with Crippen LogP contribution in [0.4, 0.5) is 11.5 Å². The van der Waals surface area contributed by atoms with Gasteiger partial charge in [0, 0.05) is 12.7 Å². The average molecular weight is 204 g/mol. The summed E-state index contributed by atoms with van der Waals surface area (Å²) in [4.78, 5) is 13.9. The Morgan fingerprint density at radius 2 is 2.53 bits per heavy atom. The zero-order chi connectivity index (χ0) is 11.3. The van der Waals surface area contributed by atoms with E-state index in [1.165, 1.54) is 12.3 Å². The molecule has 0 unspecified atom stereocenters. The maximum Gasteiger partial charge on any atom is 0.328 e. The summed E-state index contributed by atoms with van der Waals surface area (Å²) < 4.78 is 0. The Morgan fingerprint density at radius 1 is 1.80 bits per heavy atom. The van der Waals surface area contributed by atoms with Crippen LogP contribution in [0.3, 0.4) is 0 Å². The molecular weight excluding hydrogens is 196 g/mol. The van der Waals surface area contributed by atoms with Crippen molar-refractivity contribution in [2.24, 2.45) is 0 Å². The molecule has 0 saturated heterocycles. The van der Waals surface area contributed by atoms with Crippen molar-refractivity contribution in [3.63, 3.8) is 0 Å². The highest BCUT2D eigenvalue weighted by Gasteiger charge is 2.20. The molecule has 0 amide bonds. The first kappa shape index (κ1) is 10.7. The SMILES string of the molecule is C=CCNc1nccc(C#N)c1[N+](=O)[O-]. The van der Waals surface area contributed by atoms with E-state index in [4.69, 9.17) is 5.26 Å². The van der Waals surface area contributed by atoms with Crippen LogP contribution in [0.5, 0.6) is 0 Å². The quantitative estimate of drug-likeness (QED) is 0.455. The maximum atomic E-state index is 10.7. The summed E-state index contributed by atoms with van der Waals surface area (Å²) in [5, 5.41) is 22.1. The zero-order valence-corrected chi connectivity index (χ0v) is 7.80. The van der Waals surface area contributed by atoms with Crippen LogP contribution in [-0.4, -0.2) is 16.5 Å². The number of nitrogens with zero attached hydrogens (tertiary/aromatic N) is 3. The van der Waals surface area contributed by atoms with Gasteiger partial charge in [0.2, 0.25) is 5.82 Å². The lowest BCUT2D eigenvalue weighted by Crippen LogP contribution is -2.05. The van der Waals surface area contributed by atoms with Gasteiger partial charge in [0.15, 0.2) is 0 Å². The fraction of sp³-hybridized carbons (Fsp3) is 0.111. The van der Waals surface area contributed by atoms with E-state index < -0.39 is 4.92 Å². The molecule has 0 aliphatic carbocycles. The van der Waals surface area contributed by atoms with Crippen LogP contribution in [0, 0.1) is 21.4 Å². The fourth-order valence-electron chi connectivity index (χ4n) is 1.03. The highest BCUT2D eigenvalue weighted by Crippen LogP contribution is 2.25. The van der Waals surface area contributed by atoms with Crippen molar-refractivity contribution >= 4 is 11.5 Å². The van der Waals surface area contributed by atoms with Crippen LogP contribution in [0.1, 0.15) is 5.56 Å². The summed E-state index contributed by atoms with van der Waals surface area (Å²) in [5.74, 6) is 0.0824. The van der Waals surface area contributed by atoms with Crippen LogP contribution in [0.2, 0.25) is 0 Å². The summed E-state index contributed by atoms with van der Waals surface area (Å²) in [7, 11) is 0. The second-order valence-electron chi connectivity index (χ2n) is 2.59. The zero-order valence-electron chi connectivity index (χ0n) is 7.80. The molecule has 6 nitrogen and oxygen atoms in total. The van der Waals surface area contributed by atoms with Gasteiger partial charge in [0.05, 0.1) is 4.92 Å². The number of rotatable bonds is 4. The molecule has 0 aromatic carbocycles. The first-order chi connectivity index (χ1) is 7.20. The van der Waals surface area contributed by atoms with Crippen molar-refractivity contribution in [2.45, 2.75) is 0 Å². The molecule has 1 heterocycles. The fourth-order valence-corrected chi connectivity index (χ4v) is 1.03. The Kier molecular flexibility index (Phi) is 3.35. The summed E-state index contributed by atoms with van der Waals surface area (Å²) in [6.45, 7) is 3.82. The van der Waals surface area contributed by atoms with Gasteiger partial charge in [-0.25, -0.2) is 4.98 Å². The van der Waals surface area contributed by atoms with Crippen LogP contribution in [-0.2, 0) is 0 Å². The van der Waals surface area contributed by atoms with Gasteiger partial charge >= 0.3 is 5.69 Å². The first-order valence-electron chi connectivity index (χ1n) is 4.09. The molecule has 1 aromatic rings. The summed E-state index contributed by atoms with van der Waals surface area (Å²) in [6.07, 6.45) is 2.89. The van der Waals surface area contributed by atoms with Gasteiger partial charge in [0.1, 0.15) is 11.6 Å². The molecule has 76 valence electrons. The molecule has 0 aliphatic rings. The molecule has 0 fully saturated rings. The van der Waals surface area contributed by atoms with Gasteiger partial charge < -0.3 is 5.32 Å². The molecule has 15 heavy (non-hydrogen) atoms. The topological polar surface area (TPSA) is 91.8 Å². The first-order valence-corrected chi connectivity index (χ1v) is 4.09. The number of hydrogen-bond acceptors (Lipinski definition) is 5. The minimum absolute atomic E-state index is 0.0124. The van der Waals surface area contributed by atoms with E-state index in [-0.39, 0.29) is 17.1 Å². The van der Waals surface area contributed by atoms with Crippen LogP contribution >= 0.6 is 0 Å². The highest BCUT2D eigenvalue weighted by molar-refractivity contribution is 5.64. The number of nitrogens with one attached hydrogen (secondary N) is 1. The Morgan fingerprint density at radius 3 is 3.07 bits per heavy atom. The Balaban J connectivity index is 3.20. The predicted octanol–water partition coefficient (Wildman–Crippen LogP) is 1.46. The molecule has 0 spiro atoms. The number of hydrogen-bond donors (Lipinski definition) is 1. The van der Waals surface area contributed by atoms with Gasteiger partial charge in [-0.3, -0.25) is 10.1 Å². The van der Waals surface area contributed by atoms with Crippen molar-refractivity contribution in [1.82, 2.24) is 4.98 Å². The standard InChI is InChI=1S/C9H8N4O2/c1-2-4-11-9-8(13(14)15)7(6-10)3-5-12-9/h2-3,5H,1,4H2,(H,11,12). The molecule has 0 aliphatic heterocycles. The van der Waals surface area contributed by atoms with E-state index in [9.17, 15) is 10.1 Å². The van der Waals surface area contributed by atoms with Crippen molar-refractivity contribution in [2.75, 3.05) is 11.9 Å². The van der Waals surface area contributed by atoms with E-state index in [1.54, 1.807) is 12.1 Å². The highest BCUT2D eigenvalue weighted by atomic mass is 16.6. The molecule has 0 radical (unpaired) electrons. The third-order valence-electron chi connectivity index (χ3n) is 1.64. The van der Waals surface area contributed by atoms with E-state index in [0.29, 0.717) is 6.54 Å². The second-order valence-corrected chi connectivity index (χ2v) is 2.59. The largest absolute Gasteiger partial charge is 0.361 e. The van der Waals surface area contributed by atoms with E-state index in [1.807, 2.05) is 0 Å². The number of anilines is 1. The van der Waals surface area contributed by atoms with E-state index in [0.717, 1.165) is 0 Å². The number of aromatic nitrogens is 1. The second kappa shape index (κ2) is 4.72. The molecule has 0 bridgehead atoms. The van der Waals surface area contributed by atoms with Gasteiger partial charge in [-0.15, -0.1) is 6.58 Å². The Hall–Kier alpha value is -2.42. The van der Waals surface area contributed by atoms with Crippen LogP contribution in [0.25, 0.3) is 0 Å². The number of nitro groups is 1. The smallest absolute Gasteiger partial charge is 0.328 e. The van der Waals surface area contributed by atoms with Crippen molar-refractivity contribution < 1.29 is 4.92 Å². The summed E-state index contributed by atoms with van der Waals surface area (Å²) >= 11 is 0. The number of nitriles is 1. The van der Waals surface area contributed by atoms with E-state index in [2.05, 4.69) is 16.9 Å². The van der Waals surface area contributed by atoms with E-state index >= 15 is 0 Å². The van der Waals surface area contributed by atoms with Crippen LogP contribution < -0.4 is 5.32 Å². The Labute approximate surface area is 86.0 Å². The normalized spacial score (nSPS) is 9.00. The average Bonchev–Trinajstić information content (AvgIpc) is 2.25. The molecule has 1 aromatic heterocycles. The lowest BCUT2D eigenvalue weighted by atomic mass is 10.2. The molecule has 0 saturated carbocycles. The summed E-state index contributed by atoms with van der Waals surface area (Å²) in [5.41, 5.74) is -0.316. The van der Waals surface area contributed by atoms with Crippen molar-refractivity contribution in [3.8, 4) is 6.07 Å². The lowest BCUT2D eigenvalue weighted by molar-refractivity contribution is -0.384. The van der Waals surface area contributed by atoms with Gasteiger partial charge in [-0.2, -0.15) is 5.26 Å². The third-order valence-corrected chi connectivity index (χ3v) is 1.64. The number of pyridine rings is 1. The van der Waals surface area contributed by atoms with Gasteiger partial charge in [-0.1, -0.05) is 6.08 Å². The maximum absolute atomic E-state index is 10.7. The predicted molar refractivity (Wildman–Crippen MR) is 54.3 cm³/mol. The lowest BCUT2D eigenvalue weighted by Gasteiger charge is -2.03. The van der Waals surface area contributed by atoms with Crippen LogP contribution in [0.15, 0.2) is 24.9 Å². The molecule has 6 heteroatoms.